The molecule has 25 heavy (non-hydrogen) atoms. The molecule has 5 heteroatoms. The zero-order valence-electron chi connectivity index (χ0n) is 16.1. The van der Waals surface area contributed by atoms with E-state index in [1.165, 1.54) is 65.2 Å². The smallest absolute Gasteiger partial charge is 0.313 e. The Balaban J connectivity index is 3.11. The van der Waals surface area contributed by atoms with Crippen LogP contribution >= 0.6 is 0 Å². The number of unbranched alkanes of at least 4 members (excludes halogenated alkanes) is 12. The first-order valence-electron chi connectivity index (χ1n) is 9.87. The van der Waals surface area contributed by atoms with Crippen molar-refractivity contribution in [2.24, 2.45) is 0 Å². The van der Waals surface area contributed by atoms with Crippen molar-refractivity contribution in [3.63, 3.8) is 0 Å². The Morgan fingerprint density at radius 3 is 1.36 bits per heavy atom. The van der Waals surface area contributed by atoms with E-state index in [-0.39, 0.29) is 5.97 Å². The molecule has 0 saturated carbocycles. The van der Waals surface area contributed by atoms with Crippen LogP contribution in [0, 0.1) is 0 Å². The van der Waals surface area contributed by atoms with Crippen LogP contribution in [0.1, 0.15) is 104 Å². The standard InChI is InChI=1S/C20H36O5/c1-18(21)24-17-15-13-11-9-7-5-3-4-6-8-10-12-14-16-20(23)25-19(2)22/h3-17H2,1-2H3. The summed E-state index contributed by atoms with van der Waals surface area (Å²) in [7, 11) is 0. The number of hydrogen-bond donors (Lipinski definition) is 0. The molecule has 0 heterocycles. The van der Waals surface area contributed by atoms with Gasteiger partial charge in [-0.3, -0.25) is 14.4 Å². The summed E-state index contributed by atoms with van der Waals surface area (Å²) in [6.45, 7) is 3.27. The molecule has 0 fully saturated rings. The molecule has 0 aliphatic carbocycles. The molecule has 0 N–H and O–H groups in total. The van der Waals surface area contributed by atoms with Crippen LogP contribution in [0.15, 0.2) is 0 Å². The van der Waals surface area contributed by atoms with E-state index >= 15 is 0 Å². The summed E-state index contributed by atoms with van der Waals surface area (Å²) >= 11 is 0. The van der Waals surface area contributed by atoms with Gasteiger partial charge in [0.25, 0.3) is 0 Å². The molecule has 0 radical (unpaired) electrons. The van der Waals surface area contributed by atoms with Crippen LogP contribution in [0.5, 0.6) is 0 Å². The zero-order valence-corrected chi connectivity index (χ0v) is 16.1. The Hall–Kier alpha value is -1.39. The molecule has 0 saturated heterocycles. The Labute approximate surface area is 152 Å². The topological polar surface area (TPSA) is 69.7 Å². The highest BCUT2D eigenvalue weighted by Crippen LogP contribution is 2.13. The van der Waals surface area contributed by atoms with E-state index in [1.807, 2.05) is 0 Å². The van der Waals surface area contributed by atoms with Crippen molar-refractivity contribution in [1.29, 1.82) is 0 Å². The molecule has 5 nitrogen and oxygen atoms in total. The second kappa shape index (κ2) is 17.4. The number of carbonyl (C=O) groups excluding carboxylic acids is 3. The molecule has 0 spiro atoms. The van der Waals surface area contributed by atoms with Gasteiger partial charge in [-0.1, -0.05) is 70.6 Å². The molecule has 0 aromatic heterocycles. The van der Waals surface area contributed by atoms with Gasteiger partial charge in [0.15, 0.2) is 0 Å². The van der Waals surface area contributed by atoms with Crippen LogP contribution in [-0.2, 0) is 23.9 Å². The Morgan fingerprint density at radius 1 is 0.560 bits per heavy atom. The highest BCUT2D eigenvalue weighted by Gasteiger charge is 2.04. The maximum atomic E-state index is 11.2. The van der Waals surface area contributed by atoms with Gasteiger partial charge in [-0.25, -0.2) is 0 Å². The maximum absolute atomic E-state index is 11.2. The quantitative estimate of drug-likeness (QED) is 0.219. The lowest BCUT2D eigenvalue weighted by molar-refractivity contribution is -0.158. The van der Waals surface area contributed by atoms with Crippen LogP contribution < -0.4 is 0 Å². The third-order valence-corrected chi connectivity index (χ3v) is 4.09. The lowest BCUT2D eigenvalue weighted by Crippen LogP contribution is -2.08. The summed E-state index contributed by atoms with van der Waals surface area (Å²) in [5.74, 6) is -1.11. The normalized spacial score (nSPS) is 10.5. The third-order valence-electron chi connectivity index (χ3n) is 4.09. The van der Waals surface area contributed by atoms with E-state index in [4.69, 9.17) is 4.74 Å². The minimum Gasteiger partial charge on any atom is -0.466 e. The fourth-order valence-corrected chi connectivity index (χ4v) is 2.74. The van der Waals surface area contributed by atoms with Crippen LogP contribution in [0.3, 0.4) is 0 Å². The molecule has 0 unspecified atom stereocenters. The summed E-state index contributed by atoms with van der Waals surface area (Å²) in [6, 6.07) is 0. The number of ether oxygens (including phenoxy) is 2. The average molecular weight is 357 g/mol. The fraction of sp³-hybridized carbons (Fsp3) is 0.850. The molecular weight excluding hydrogens is 320 g/mol. The van der Waals surface area contributed by atoms with E-state index in [0.717, 1.165) is 32.1 Å². The van der Waals surface area contributed by atoms with Gasteiger partial charge in [-0.2, -0.15) is 0 Å². The molecule has 0 rings (SSSR count). The first kappa shape index (κ1) is 23.6. The van der Waals surface area contributed by atoms with E-state index in [2.05, 4.69) is 4.74 Å². The van der Waals surface area contributed by atoms with Crippen molar-refractivity contribution in [2.45, 2.75) is 104 Å². The van der Waals surface area contributed by atoms with Gasteiger partial charge < -0.3 is 9.47 Å². The molecule has 0 aliphatic rings. The monoisotopic (exact) mass is 356 g/mol. The Bertz CT molecular complexity index is 365. The SMILES string of the molecule is CC(=O)OCCCCCCCCCCCCCCCC(=O)OC(C)=O. The molecule has 0 aliphatic heterocycles. The van der Waals surface area contributed by atoms with Gasteiger partial charge in [0.05, 0.1) is 6.61 Å². The minimum absolute atomic E-state index is 0.185. The number of esters is 3. The highest BCUT2D eigenvalue weighted by atomic mass is 16.6. The summed E-state index contributed by atoms with van der Waals surface area (Å²) in [4.78, 5) is 32.3. The minimum atomic E-state index is -0.521. The second-order valence-electron chi connectivity index (χ2n) is 6.65. The van der Waals surface area contributed by atoms with Gasteiger partial charge in [0, 0.05) is 20.3 Å². The van der Waals surface area contributed by atoms with Gasteiger partial charge in [0.2, 0.25) is 0 Å². The van der Waals surface area contributed by atoms with Gasteiger partial charge in [-0.15, -0.1) is 0 Å². The summed E-state index contributed by atoms with van der Waals surface area (Å²) in [5.41, 5.74) is 0. The first-order chi connectivity index (χ1) is 12.0. The largest absolute Gasteiger partial charge is 0.466 e. The molecule has 0 aromatic rings. The number of carbonyl (C=O) groups is 3. The van der Waals surface area contributed by atoms with Crippen molar-refractivity contribution in [2.75, 3.05) is 6.61 Å². The molecule has 0 aromatic carbocycles. The van der Waals surface area contributed by atoms with Crippen molar-refractivity contribution in [3.05, 3.63) is 0 Å². The third kappa shape index (κ3) is 20.6. The summed E-state index contributed by atoms with van der Waals surface area (Å²) < 4.78 is 9.38. The second-order valence-corrected chi connectivity index (χ2v) is 6.65. The van der Waals surface area contributed by atoms with Crippen molar-refractivity contribution in [1.82, 2.24) is 0 Å². The van der Waals surface area contributed by atoms with E-state index in [0.29, 0.717) is 13.0 Å². The summed E-state index contributed by atoms with van der Waals surface area (Å²) in [5, 5.41) is 0. The van der Waals surface area contributed by atoms with Crippen molar-refractivity contribution >= 4 is 17.9 Å². The number of rotatable bonds is 16. The Kier molecular flexibility index (Phi) is 16.5. The molecular formula is C20H36O5. The Morgan fingerprint density at radius 2 is 0.960 bits per heavy atom. The zero-order chi connectivity index (χ0) is 18.8. The van der Waals surface area contributed by atoms with Crippen LogP contribution in [0.25, 0.3) is 0 Å². The van der Waals surface area contributed by atoms with Crippen LogP contribution in [0.4, 0.5) is 0 Å². The lowest BCUT2D eigenvalue weighted by atomic mass is 10.0. The van der Waals surface area contributed by atoms with Gasteiger partial charge in [0.1, 0.15) is 0 Å². The van der Waals surface area contributed by atoms with E-state index in [1.54, 1.807) is 0 Å². The predicted octanol–water partition coefficient (Wildman–Crippen LogP) is 5.10. The highest BCUT2D eigenvalue weighted by molar-refractivity contribution is 5.83. The maximum Gasteiger partial charge on any atom is 0.313 e. The fourth-order valence-electron chi connectivity index (χ4n) is 2.74. The molecule has 0 amide bonds. The van der Waals surface area contributed by atoms with Gasteiger partial charge in [-0.05, 0) is 12.8 Å². The van der Waals surface area contributed by atoms with E-state index in [9.17, 15) is 14.4 Å². The molecule has 146 valence electrons. The molecule has 0 bridgehead atoms. The van der Waals surface area contributed by atoms with E-state index < -0.39 is 11.9 Å². The lowest BCUT2D eigenvalue weighted by Gasteiger charge is -2.04. The first-order valence-corrected chi connectivity index (χ1v) is 9.87. The van der Waals surface area contributed by atoms with Crippen LogP contribution in [-0.4, -0.2) is 24.5 Å². The van der Waals surface area contributed by atoms with Crippen LogP contribution in [0.2, 0.25) is 0 Å². The number of hydrogen-bond acceptors (Lipinski definition) is 5. The average Bonchev–Trinajstić information content (AvgIpc) is 2.53. The molecule has 0 atom stereocenters. The van der Waals surface area contributed by atoms with Gasteiger partial charge >= 0.3 is 17.9 Å². The predicted molar refractivity (Wildman–Crippen MR) is 98.0 cm³/mol. The summed E-state index contributed by atoms with van der Waals surface area (Å²) in [6.07, 6.45) is 15.6. The van der Waals surface area contributed by atoms with Crippen molar-refractivity contribution in [3.8, 4) is 0 Å². The van der Waals surface area contributed by atoms with Crippen molar-refractivity contribution < 1.29 is 23.9 Å².